The minimum atomic E-state index is -0.175. The van der Waals surface area contributed by atoms with Crippen LogP contribution in [-0.2, 0) is 11.2 Å². The quantitative estimate of drug-likeness (QED) is 0.874. The maximum absolute atomic E-state index is 13.1. The van der Waals surface area contributed by atoms with E-state index >= 15 is 0 Å². The fraction of sp³-hybridized carbons (Fsp3) is 0.706. The van der Waals surface area contributed by atoms with E-state index in [0.717, 1.165) is 45.2 Å². The van der Waals surface area contributed by atoms with Crippen molar-refractivity contribution < 1.29 is 4.79 Å². The number of carbonyl (C=O) groups excluding carboxylic acids is 1. The van der Waals surface area contributed by atoms with Gasteiger partial charge >= 0.3 is 0 Å². The summed E-state index contributed by atoms with van der Waals surface area (Å²) in [6, 6.07) is 4.49. The van der Waals surface area contributed by atoms with Crippen LogP contribution < -0.4 is 5.32 Å². The highest BCUT2D eigenvalue weighted by Crippen LogP contribution is 2.34. The Hall–Kier alpha value is -0.870. The van der Waals surface area contributed by atoms with E-state index in [9.17, 15) is 4.79 Å². The lowest BCUT2D eigenvalue weighted by molar-refractivity contribution is -0.144. The van der Waals surface area contributed by atoms with Crippen LogP contribution in [0.15, 0.2) is 17.5 Å². The zero-order valence-electron chi connectivity index (χ0n) is 13.5. The first-order valence-corrected chi connectivity index (χ1v) is 8.97. The fourth-order valence-corrected chi connectivity index (χ4v) is 4.21. The van der Waals surface area contributed by atoms with Gasteiger partial charge in [-0.1, -0.05) is 19.4 Å². The molecule has 1 aromatic rings. The minimum Gasteiger partial charge on any atom is -0.342 e. The van der Waals surface area contributed by atoms with E-state index in [-0.39, 0.29) is 11.5 Å². The van der Waals surface area contributed by atoms with Crippen LogP contribution in [0.25, 0.3) is 0 Å². The number of piperidine rings is 1. The van der Waals surface area contributed by atoms with Crippen molar-refractivity contribution in [2.45, 2.75) is 52.0 Å². The molecule has 1 saturated heterocycles. The molecule has 1 aliphatic heterocycles. The standard InChI is InChI=1S/C17H28N2OS/c1-4-8-17(9-6-10-18-13-17)16(20)19(3)14(2)12-15-7-5-11-21-15/h5,7,11,14,18H,4,6,8-10,12-13H2,1-3H3. The van der Waals surface area contributed by atoms with Gasteiger partial charge in [0.25, 0.3) is 0 Å². The molecule has 0 saturated carbocycles. The van der Waals surface area contributed by atoms with Crippen molar-refractivity contribution in [2.24, 2.45) is 5.41 Å². The van der Waals surface area contributed by atoms with Crippen LogP contribution in [0.4, 0.5) is 0 Å². The van der Waals surface area contributed by atoms with Crippen molar-refractivity contribution in [3.05, 3.63) is 22.4 Å². The van der Waals surface area contributed by atoms with Crippen LogP contribution >= 0.6 is 11.3 Å². The molecule has 0 aromatic carbocycles. The molecule has 2 rings (SSSR count). The highest BCUT2D eigenvalue weighted by atomic mass is 32.1. The van der Waals surface area contributed by atoms with Gasteiger partial charge in [-0.05, 0) is 44.2 Å². The topological polar surface area (TPSA) is 32.3 Å². The molecule has 0 spiro atoms. The van der Waals surface area contributed by atoms with E-state index in [0.29, 0.717) is 5.91 Å². The van der Waals surface area contributed by atoms with Gasteiger partial charge in [0.2, 0.25) is 5.91 Å². The molecule has 21 heavy (non-hydrogen) atoms. The van der Waals surface area contributed by atoms with Crippen LogP contribution in [-0.4, -0.2) is 37.0 Å². The summed E-state index contributed by atoms with van der Waals surface area (Å²) in [5, 5.41) is 5.54. The Balaban J connectivity index is 2.04. The summed E-state index contributed by atoms with van der Waals surface area (Å²) in [6.07, 6.45) is 5.16. The Morgan fingerprint density at radius 3 is 2.95 bits per heavy atom. The van der Waals surface area contributed by atoms with Crippen molar-refractivity contribution in [1.29, 1.82) is 0 Å². The van der Waals surface area contributed by atoms with E-state index in [1.165, 1.54) is 4.88 Å². The monoisotopic (exact) mass is 308 g/mol. The molecule has 0 radical (unpaired) electrons. The van der Waals surface area contributed by atoms with E-state index in [1.807, 2.05) is 11.9 Å². The van der Waals surface area contributed by atoms with Crippen LogP contribution in [0, 0.1) is 5.41 Å². The average molecular weight is 308 g/mol. The lowest BCUT2D eigenvalue weighted by atomic mass is 9.75. The average Bonchev–Trinajstić information content (AvgIpc) is 3.00. The number of likely N-dealkylation sites (N-methyl/N-ethyl adjacent to an activating group) is 1. The summed E-state index contributed by atoms with van der Waals surface area (Å²) in [7, 11) is 1.98. The number of rotatable bonds is 6. The Bertz CT molecular complexity index is 432. The normalized spacial score (nSPS) is 23.8. The summed E-state index contributed by atoms with van der Waals surface area (Å²) in [4.78, 5) is 16.4. The van der Waals surface area contributed by atoms with Gasteiger partial charge in [-0.15, -0.1) is 11.3 Å². The third-order valence-electron chi connectivity index (χ3n) is 4.71. The maximum Gasteiger partial charge on any atom is 0.230 e. The molecule has 1 aliphatic rings. The highest BCUT2D eigenvalue weighted by Gasteiger charge is 2.41. The Kier molecular flexibility index (Phi) is 5.82. The number of nitrogens with one attached hydrogen (secondary N) is 1. The highest BCUT2D eigenvalue weighted by molar-refractivity contribution is 7.09. The van der Waals surface area contributed by atoms with Gasteiger partial charge < -0.3 is 10.2 Å². The van der Waals surface area contributed by atoms with E-state index in [2.05, 4.69) is 36.7 Å². The lowest BCUT2D eigenvalue weighted by Crippen LogP contribution is -2.53. The summed E-state index contributed by atoms with van der Waals surface area (Å²) < 4.78 is 0. The molecule has 0 aliphatic carbocycles. The number of hydrogen-bond acceptors (Lipinski definition) is 3. The molecule has 0 bridgehead atoms. The molecule has 3 nitrogen and oxygen atoms in total. The molecular formula is C17H28N2OS. The van der Waals surface area contributed by atoms with Gasteiger partial charge in [0.1, 0.15) is 0 Å². The van der Waals surface area contributed by atoms with Crippen LogP contribution in [0.2, 0.25) is 0 Å². The molecule has 2 atom stereocenters. The number of carbonyl (C=O) groups is 1. The summed E-state index contributed by atoms with van der Waals surface area (Å²) in [5.74, 6) is 0.334. The lowest BCUT2D eigenvalue weighted by Gasteiger charge is -2.40. The maximum atomic E-state index is 13.1. The summed E-state index contributed by atoms with van der Waals surface area (Å²) >= 11 is 1.78. The Morgan fingerprint density at radius 2 is 2.38 bits per heavy atom. The molecule has 118 valence electrons. The predicted molar refractivity (Wildman–Crippen MR) is 89.7 cm³/mol. The Labute approximate surface area is 132 Å². The molecule has 1 amide bonds. The fourth-order valence-electron chi connectivity index (χ4n) is 3.38. The molecular weight excluding hydrogens is 280 g/mol. The first-order valence-electron chi connectivity index (χ1n) is 8.09. The van der Waals surface area contributed by atoms with Crippen molar-refractivity contribution in [2.75, 3.05) is 20.1 Å². The minimum absolute atomic E-state index is 0.175. The van der Waals surface area contributed by atoms with Crippen LogP contribution in [0.1, 0.15) is 44.4 Å². The van der Waals surface area contributed by atoms with Gasteiger partial charge in [0.15, 0.2) is 0 Å². The van der Waals surface area contributed by atoms with Crippen LogP contribution in [0.5, 0.6) is 0 Å². The van der Waals surface area contributed by atoms with Gasteiger partial charge in [-0.2, -0.15) is 0 Å². The molecule has 2 unspecified atom stereocenters. The number of nitrogens with zero attached hydrogens (tertiary/aromatic N) is 1. The zero-order chi connectivity index (χ0) is 15.3. The first-order chi connectivity index (χ1) is 10.1. The molecule has 1 fully saturated rings. The predicted octanol–water partition coefficient (Wildman–Crippen LogP) is 3.31. The smallest absolute Gasteiger partial charge is 0.230 e. The number of thiophene rings is 1. The van der Waals surface area contributed by atoms with E-state index in [1.54, 1.807) is 11.3 Å². The largest absolute Gasteiger partial charge is 0.342 e. The third-order valence-corrected chi connectivity index (χ3v) is 5.61. The third kappa shape index (κ3) is 3.86. The van der Waals surface area contributed by atoms with Gasteiger partial charge in [0, 0.05) is 30.9 Å². The molecule has 4 heteroatoms. The zero-order valence-corrected chi connectivity index (χ0v) is 14.3. The number of hydrogen-bond donors (Lipinski definition) is 1. The first kappa shape index (κ1) is 16.5. The van der Waals surface area contributed by atoms with Gasteiger partial charge in [-0.25, -0.2) is 0 Å². The van der Waals surface area contributed by atoms with Crippen LogP contribution in [0.3, 0.4) is 0 Å². The second-order valence-corrected chi connectivity index (χ2v) is 7.39. The summed E-state index contributed by atoms with van der Waals surface area (Å²) in [6.45, 7) is 6.23. The van der Waals surface area contributed by atoms with Gasteiger partial charge in [-0.3, -0.25) is 4.79 Å². The second-order valence-electron chi connectivity index (χ2n) is 6.36. The Morgan fingerprint density at radius 1 is 1.57 bits per heavy atom. The SMILES string of the molecule is CCCC1(C(=O)N(C)C(C)Cc2cccs2)CCCNC1. The summed E-state index contributed by atoms with van der Waals surface area (Å²) in [5.41, 5.74) is -0.175. The molecule has 1 aromatic heterocycles. The van der Waals surface area contributed by atoms with Crippen molar-refractivity contribution in [1.82, 2.24) is 10.2 Å². The van der Waals surface area contributed by atoms with Gasteiger partial charge in [0.05, 0.1) is 5.41 Å². The van der Waals surface area contributed by atoms with Crippen molar-refractivity contribution >= 4 is 17.2 Å². The van der Waals surface area contributed by atoms with E-state index in [4.69, 9.17) is 0 Å². The second kappa shape index (κ2) is 7.41. The van der Waals surface area contributed by atoms with E-state index < -0.39 is 0 Å². The van der Waals surface area contributed by atoms with Crippen molar-refractivity contribution in [3.8, 4) is 0 Å². The molecule has 1 N–H and O–H groups in total. The number of amides is 1. The van der Waals surface area contributed by atoms with Crippen molar-refractivity contribution in [3.63, 3.8) is 0 Å². The molecule has 2 heterocycles.